The number of carbonyl (C=O) groups is 2. The highest BCUT2D eigenvalue weighted by molar-refractivity contribution is 5.94. The Hall–Kier alpha value is -2.04. The van der Waals surface area contributed by atoms with Crippen LogP contribution in [0.2, 0.25) is 0 Å². The first-order valence-electron chi connectivity index (χ1n) is 7.74. The van der Waals surface area contributed by atoms with Gasteiger partial charge in [-0.05, 0) is 37.1 Å². The first-order chi connectivity index (χ1) is 10.5. The fourth-order valence-electron chi connectivity index (χ4n) is 2.03. The number of aliphatic carboxylic acids is 1. The third-order valence-corrected chi connectivity index (χ3v) is 3.35. The Morgan fingerprint density at radius 2 is 1.82 bits per heavy atom. The molecule has 5 nitrogen and oxygen atoms in total. The zero-order valence-corrected chi connectivity index (χ0v) is 13.4. The molecule has 5 heteroatoms. The number of rotatable bonds is 10. The fraction of sp³-hybridized carbons (Fsp3) is 0.529. The predicted octanol–water partition coefficient (Wildman–Crippen LogP) is 3.19. The maximum atomic E-state index is 12.2. The highest BCUT2D eigenvalue weighted by Crippen LogP contribution is 2.14. The third kappa shape index (κ3) is 6.61. The van der Waals surface area contributed by atoms with Crippen LogP contribution in [0.15, 0.2) is 24.3 Å². The molecule has 0 radical (unpaired) electrons. The van der Waals surface area contributed by atoms with Crippen LogP contribution in [0.5, 0.6) is 5.75 Å². The van der Waals surface area contributed by atoms with Gasteiger partial charge >= 0.3 is 5.97 Å². The van der Waals surface area contributed by atoms with Gasteiger partial charge in [-0.25, -0.2) is 0 Å². The third-order valence-electron chi connectivity index (χ3n) is 3.35. The summed E-state index contributed by atoms with van der Waals surface area (Å²) in [6, 6.07) is 7.07. The van der Waals surface area contributed by atoms with E-state index >= 15 is 0 Å². The zero-order valence-electron chi connectivity index (χ0n) is 13.4. The molecule has 0 atom stereocenters. The quantitative estimate of drug-likeness (QED) is 0.674. The van der Waals surface area contributed by atoms with E-state index in [-0.39, 0.29) is 12.3 Å². The number of ether oxygens (including phenoxy) is 1. The molecular formula is C17H25NO4. The average molecular weight is 307 g/mol. The van der Waals surface area contributed by atoms with E-state index in [1.165, 1.54) is 0 Å². The average Bonchev–Trinajstić information content (AvgIpc) is 2.51. The molecule has 0 fully saturated rings. The Balaban J connectivity index is 2.43. The number of unbranched alkanes of at least 4 members (excludes halogenated alkanes) is 2. The summed E-state index contributed by atoms with van der Waals surface area (Å²) in [4.78, 5) is 24.2. The summed E-state index contributed by atoms with van der Waals surface area (Å²) in [5, 5.41) is 8.60. The first-order valence-corrected chi connectivity index (χ1v) is 7.74. The van der Waals surface area contributed by atoms with Crippen molar-refractivity contribution in [1.82, 2.24) is 4.90 Å². The Bertz CT molecular complexity index is 470. The molecule has 1 rings (SSSR count). The molecule has 0 saturated carbocycles. The van der Waals surface area contributed by atoms with Gasteiger partial charge in [0.25, 0.3) is 5.91 Å². The lowest BCUT2D eigenvalue weighted by molar-refractivity contribution is -0.137. The van der Waals surface area contributed by atoms with Crippen LogP contribution in [-0.4, -0.2) is 42.1 Å². The SMILES string of the molecule is CCCCCOc1ccc(C(=O)N(C)CCCC(=O)O)cc1. The van der Waals surface area contributed by atoms with Crippen LogP contribution in [-0.2, 0) is 4.79 Å². The van der Waals surface area contributed by atoms with Gasteiger partial charge in [0.2, 0.25) is 0 Å². The number of amides is 1. The fourth-order valence-corrected chi connectivity index (χ4v) is 2.03. The van der Waals surface area contributed by atoms with E-state index in [0.717, 1.165) is 25.0 Å². The molecule has 0 bridgehead atoms. The molecular weight excluding hydrogens is 282 g/mol. The minimum absolute atomic E-state index is 0.0716. The molecule has 122 valence electrons. The molecule has 1 amide bonds. The van der Waals surface area contributed by atoms with Crippen LogP contribution < -0.4 is 4.74 Å². The highest BCUT2D eigenvalue weighted by Gasteiger charge is 2.11. The van der Waals surface area contributed by atoms with Crippen molar-refractivity contribution in [1.29, 1.82) is 0 Å². The summed E-state index contributed by atoms with van der Waals surface area (Å²) < 4.78 is 5.60. The zero-order chi connectivity index (χ0) is 16.4. The van der Waals surface area contributed by atoms with Gasteiger partial charge in [0, 0.05) is 25.6 Å². The van der Waals surface area contributed by atoms with E-state index in [1.807, 2.05) is 0 Å². The van der Waals surface area contributed by atoms with E-state index < -0.39 is 5.97 Å². The molecule has 0 unspecified atom stereocenters. The van der Waals surface area contributed by atoms with Gasteiger partial charge < -0.3 is 14.7 Å². The summed E-state index contributed by atoms with van der Waals surface area (Å²) >= 11 is 0. The first kappa shape index (κ1) is 18.0. The smallest absolute Gasteiger partial charge is 0.303 e. The van der Waals surface area contributed by atoms with Crippen LogP contribution in [0, 0.1) is 0 Å². The molecule has 1 aromatic carbocycles. The molecule has 0 heterocycles. The summed E-state index contributed by atoms with van der Waals surface area (Å²) in [7, 11) is 1.68. The van der Waals surface area contributed by atoms with E-state index in [1.54, 1.807) is 36.2 Å². The number of nitrogens with zero attached hydrogens (tertiary/aromatic N) is 1. The van der Waals surface area contributed by atoms with E-state index in [2.05, 4.69) is 6.92 Å². The van der Waals surface area contributed by atoms with Crippen molar-refractivity contribution in [3.63, 3.8) is 0 Å². The summed E-state index contributed by atoms with van der Waals surface area (Å²) in [5.41, 5.74) is 0.582. The number of hydrogen-bond acceptors (Lipinski definition) is 3. The van der Waals surface area contributed by atoms with Crippen molar-refractivity contribution in [2.24, 2.45) is 0 Å². The van der Waals surface area contributed by atoms with Crippen molar-refractivity contribution < 1.29 is 19.4 Å². The molecule has 22 heavy (non-hydrogen) atoms. The number of carboxylic acids is 1. The van der Waals surface area contributed by atoms with Crippen molar-refractivity contribution in [2.75, 3.05) is 20.2 Å². The van der Waals surface area contributed by atoms with Crippen molar-refractivity contribution in [3.8, 4) is 5.75 Å². The summed E-state index contributed by atoms with van der Waals surface area (Å²) in [5.74, 6) is -0.186. The second kappa shape index (κ2) is 9.82. The summed E-state index contributed by atoms with van der Waals surface area (Å²) in [6.45, 7) is 3.27. The standard InChI is InChI=1S/C17H25NO4/c1-3-4-5-13-22-15-10-8-14(9-11-15)17(21)18(2)12-6-7-16(19)20/h8-11H,3-7,12-13H2,1-2H3,(H,19,20). The lowest BCUT2D eigenvalue weighted by Gasteiger charge is -2.17. The van der Waals surface area contributed by atoms with Crippen LogP contribution in [0.3, 0.4) is 0 Å². The lowest BCUT2D eigenvalue weighted by atomic mass is 10.2. The van der Waals surface area contributed by atoms with E-state index in [9.17, 15) is 9.59 Å². The molecule has 1 aromatic rings. The molecule has 0 aliphatic heterocycles. The second-order valence-corrected chi connectivity index (χ2v) is 5.30. The van der Waals surface area contributed by atoms with Crippen LogP contribution in [0.4, 0.5) is 0 Å². The van der Waals surface area contributed by atoms with Gasteiger partial charge in [0.1, 0.15) is 5.75 Å². The van der Waals surface area contributed by atoms with Gasteiger partial charge in [-0.1, -0.05) is 19.8 Å². The van der Waals surface area contributed by atoms with Crippen molar-refractivity contribution in [2.45, 2.75) is 39.0 Å². The maximum absolute atomic E-state index is 12.2. The van der Waals surface area contributed by atoms with Crippen molar-refractivity contribution in [3.05, 3.63) is 29.8 Å². The Labute approximate surface area is 131 Å². The number of carboxylic acid groups (broad SMARTS) is 1. The normalized spacial score (nSPS) is 10.3. The second-order valence-electron chi connectivity index (χ2n) is 5.30. The van der Waals surface area contributed by atoms with Gasteiger partial charge in [-0.3, -0.25) is 9.59 Å². The van der Waals surface area contributed by atoms with E-state index in [0.29, 0.717) is 25.1 Å². The lowest BCUT2D eigenvalue weighted by Crippen LogP contribution is -2.28. The molecule has 0 aromatic heterocycles. The van der Waals surface area contributed by atoms with Crippen molar-refractivity contribution >= 4 is 11.9 Å². The summed E-state index contributed by atoms with van der Waals surface area (Å²) in [6.07, 6.45) is 3.87. The minimum Gasteiger partial charge on any atom is -0.494 e. The van der Waals surface area contributed by atoms with Crippen LogP contribution >= 0.6 is 0 Å². The monoisotopic (exact) mass is 307 g/mol. The van der Waals surface area contributed by atoms with E-state index in [4.69, 9.17) is 9.84 Å². The van der Waals surface area contributed by atoms with Gasteiger partial charge in [-0.15, -0.1) is 0 Å². The molecule has 0 aliphatic rings. The maximum Gasteiger partial charge on any atom is 0.303 e. The predicted molar refractivity (Wildman–Crippen MR) is 85.3 cm³/mol. The van der Waals surface area contributed by atoms with Gasteiger partial charge in [-0.2, -0.15) is 0 Å². The highest BCUT2D eigenvalue weighted by atomic mass is 16.5. The van der Waals surface area contributed by atoms with Gasteiger partial charge in [0.05, 0.1) is 6.61 Å². The number of carbonyl (C=O) groups excluding carboxylic acids is 1. The Kier molecular flexibility index (Phi) is 8.04. The molecule has 1 N–H and O–H groups in total. The van der Waals surface area contributed by atoms with Gasteiger partial charge in [0.15, 0.2) is 0 Å². The largest absolute Gasteiger partial charge is 0.494 e. The Morgan fingerprint density at radius 3 is 2.41 bits per heavy atom. The topological polar surface area (TPSA) is 66.8 Å². The minimum atomic E-state index is -0.842. The van der Waals surface area contributed by atoms with Crippen LogP contribution in [0.1, 0.15) is 49.4 Å². The molecule has 0 spiro atoms. The molecule has 0 aliphatic carbocycles. The van der Waals surface area contributed by atoms with Crippen LogP contribution in [0.25, 0.3) is 0 Å². The number of hydrogen-bond donors (Lipinski definition) is 1. The number of benzene rings is 1. The Morgan fingerprint density at radius 1 is 1.14 bits per heavy atom. The molecule has 0 saturated heterocycles.